The highest BCUT2D eigenvalue weighted by Crippen LogP contribution is 2.40. The van der Waals surface area contributed by atoms with Crippen LogP contribution >= 0.6 is 0 Å². The number of rotatable bonds is 3. The third kappa shape index (κ3) is 3.32. The number of aromatic amines is 1. The van der Waals surface area contributed by atoms with Crippen LogP contribution in [0, 0.1) is 5.92 Å². The fourth-order valence-corrected chi connectivity index (χ4v) is 5.56. The first-order valence-corrected chi connectivity index (χ1v) is 11.6. The van der Waals surface area contributed by atoms with E-state index in [4.69, 9.17) is 0 Å². The number of nitrogens with zero attached hydrogens (tertiary/aromatic N) is 4. The third-order valence-corrected chi connectivity index (χ3v) is 7.32. The topological polar surface area (TPSA) is 72.5 Å². The fourth-order valence-electron chi connectivity index (χ4n) is 5.56. The van der Waals surface area contributed by atoms with Crippen molar-refractivity contribution >= 4 is 28.4 Å². The van der Waals surface area contributed by atoms with Gasteiger partial charge in [-0.15, -0.1) is 0 Å². The Hall–Kier alpha value is -3.35. The number of aromatic nitrogens is 2. The molecule has 2 atom stereocenters. The lowest BCUT2D eigenvalue weighted by atomic mass is 10.1. The molecule has 1 aliphatic carbocycles. The van der Waals surface area contributed by atoms with Crippen LogP contribution in [-0.2, 0) is 0 Å². The molecule has 164 valence electrons. The number of benzene rings is 2. The standard InChI is InChI=1S/C25H27N5O2/c31-23-21-3-1-2-4-22(21)26-25(27-23)29-13-11-28(12-14-29)24(32)18-6-9-19(10-7-18)30-16-17-5-8-20(30)15-17/h1-4,6-7,9-10,17,20H,5,8,11-16H2,(H,26,27,31). The van der Waals surface area contributed by atoms with Gasteiger partial charge in [-0.2, -0.15) is 0 Å². The van der Waals surface area contributed by atoms with Gasteiger partial charge in [-0.3, -0.25) is 14.6 Å². The van der Waals surface area contributed by atoms with E-state index in [2.05, 4.69) is 27.0 Å². The Morgan fingerprint density at radius 1 is 0.969 bits per heavy atom. The van der Waals surface area contributed by atoms with Gasteiger partial charge in [0, 0.05) is 50.0 Å². The summed E-state index contributed by atoms with van der Waals surface area (Å²) in [6.45, 7) is 3.65. The van der Waals surface area contributed by atoms with Crippen LogP contribution in [0.4, 0.5) is 11.6 Å². The van der Waals surface area contributed by atoms with Crippen molar-refractivity contribution in [3.05, 3.63) is 64.4 Å². The molecule has 2 aromatic carbocycles. The number of piperazine rings is 1. The van der Waals surface area contributed by atoms with Crippen LogP contribution in [0.1, 0.15) is 29.6 Å². The maximum Gasteiger partial charge on any atom is 0.260 e. The van der Waals surface area contributed by atoms with Gasteiger partial charge in [0.15, 0.2) is 0 Å². The smallest absolute Gasteiger partial charge is 0.260 e. The van der Waals surface area contributed by atoms with E-state index in [1.165, 1.54) is 24.9 Å². The first-order valence-electron chi connectivity index (χ1n) is 11.6. The van der Waals surface area contributed by atoms with Crippen LogP contribution in [0.3, 0.4) is 0 Å². The second-order valence-corrected chi connectivity index (χ2v) is 9.22. The molecule has 7 heteroatoms. The van der Waals surface area contributed by atoms with Crippen LogP contribution in [0.2, 0.25) is 0 Å². The Morgan fingerprint density at radius 3 is 2.47 bits per heavy atom. The van der Waals surface area contributed by atoms with Crippen molar-refractivity contribution in [3.63, 3.8) is 0 Å². The molecular weight excluding hydrogens is 402 g/mol. The molecule has 1 saturated carbocycles. The molecular formula is C25H27N5O2. The van der Waals surface area contributed by atoms with Crippen molar-refractivity contribution in [3.8, 4) is 0 Å². The van der Waals surface area contributed by atoms with Gasteiger partial charge < -0.3 is 14.7 Å². The number of carbonyl (C=O) groups is 1. The quantitative estimate of drug-likeness (QED) is 0.693. The Bertz CT molecular complexity index is 1210. The summed E-state index contributed by atoms with van der Waals surface area (Å²) < 4.78 is 0. The number of hydrogen-bond acceptors (Lipinski definition) is 5. The van der Waals surface area contributed by atoms with E-state index in [0.29, 0.717) is 49.1 Å². The summed E-state index contributed by atoms with van der Waals surface area (Å²) in [6, 6.07) is 16.2. The summed E-state index contributed by atoms with van der Waals surface area (Å²) in [6.07, 6.45) is 3.99. The zero-order valence-electron chi connectivity index (χ0n) is 18.0. The molecule has 3 aliphatic rings. The number of para-hydroxylation sites is 1. The first kappa shape index (κ1) is 19.3. The van der Waals surface area contributed by atoms with Gasteiger partial charge in [-0.1, -0.05) is 12.1 Å². The first-order chi connectivity index (χ1) is 15.7. The van der Waals surface area contributed by atoms with E-state index in [9.17, 15) is 9.59 Å². The Labute approximate surface area is 186 Å². The van der Waals surface area contributed by atoms with Gasteiger partial charge in [0.25, 0.3) is 11.5 Å². The van der Waals surface area contributed by atoms with Gasteiger partial charge in [-0.05, 0) is 61.6 Å². The fraction of sp³-hybridized carbons (Fsp3) is 0.400. The molecule has 2 bridgehead atoms. The number of hydrogen-bond donors (Lipinski definition) is 1. The van der Waals surface area contributed by atoms with Gasteiger partial charge >= 0.3 is 0 Å². The second kappa shape index (κ2) is 7.65. The predicted molar refractivity (Wildman–Crippen MR) is 125 cm³/mol. The summed E-state index contributed by atoms with van der Waals surface area (Å²) in [5, 5.41) is 0.593. The van der Waals surface area contributed by atoms with Gasteiger partial charge in [0.05, 0.1) is 10.9 Å². The highest BCUT2D eigenvalue weighted by atomic mass is 16.2. The molecule has 2 saturated heterocycles. The van der Waals surface area contributed by atoms with E-state index >= 15 is 0 Å². The summed E-state index contributed by atoms with van der Waals surface area (Å²) in [4.78, 5) is 39.4. The minimum atomic E-state index is -0.129. The maximum absolute atomic E-state index is 13.1. The number of fused-ring (bicyclic) bond motifs is 3. The molecule has 1 aromatic heterocycles. The molecule has 2 unspecified atom stereocenters. The highest BCUT2D eigenvalue weighted by Gasteiger charge is 2.37. The van der Waals surface area contributed by atoms with Crippen LogP contribution in [0.5, 0.6) is 0 Å². The Morgan fingerprint density at radius 2 is 1.75 bits per heavy atom. The van der Waals surface area contributed by atoms with E-state index in [0.717, 1.165) is 18.0 Å². The zero-order valence-corrected chi connectivity index (χ0v) is 18.0. The van der Waals surface area contributed by atoms with Crippen molar-refractivity contribution in [2.45, 2.75) is 25.3 Å². The van der Waals surface area contributed by atoms with Crippen molar-refractivity contribution < 1.29 is 4.79 Å². The summed E-state index contributed by atoms with van der Waals surface area (Å²) >= 11 is 0. The molecule has 0 spiro atoms. The van der Waals surface area contributed by atoms with Crippen molar-refractivity contribution in [1.29, 1.82) is 0 Å². The summed E-state index contributed by atoms with van der Waals surface area (Å²) in [5.41, 5.74) is 2.54. The number of carbonyl (C=O) groups excluding carboxylic acids is 1. The van der Waals surface area contributed by atoms with Crippen molar-refractivity contribution in [2.75, 3.05) is 42.5 Å². The lowest BCUT2D eigenvalue weighted by Gasteiger charge is -2.35. The molecule has 1 N–H and O–H groups in total. The average molecular weight is 430 g/mol. The summed E-state index contributed by atoms with van der Waals surface area (Å²) in [7, 11) is 0. The SMILES string of the molecule is O=C(c1ccc(N2CC3CCC2C3)cc1)N1CCN(c2nc3ccccc3c(=O)[nH]2)CC1. The summed E-state index contributed by atoms with van der Waals surface area (Å²) in [5.74, 6) is 1.49. The molecule has 3 heterocycles. The van der Waals surface area contributed by atoms with Gasteiger partial charge in [0.1, 0.15) is 0 Å². The number of piperidine rings is 1. The number of nitrogens with one attached hydrogen (secondary N) is 1. The van der Waals surface area contributed by atoms with E-state index in [-0.39, 0.29) is 11.5 Å². The number of H-pyrrole nitrogens is 1. The average Bonchev–Trinajstić information content (AvgIpc) is 3.48. The largest absolute Gasteiger partial charge is 0.368 e. The molecule has 0 radical (unpaired) electrons. The van der Waals surface area contributed by atoms with Crippen LogP contribution < -0.4 is 15.4 Å². The number of amides is 1. The molecule has 2 aliphatic heterocycles. The predicted octanol–water partition coefficient (Wildman–Crippen LogP) is 2.87. The van der Waals surface area contributed by atoms with E-state index in [1.807, 2.05) is 40.1 Å². The van der Waals surface area contributed by atoms with Gasteiger partial charge in [-0.25, -0.2) is 4.98 Å². The lowest BCUT2D eigenvalue weighted by Crippen LogP contribution is -2.49. The normalized spacial score (nSPS) is 22.7. The van der Waals surface area contributed by atoms with Crippen LogP contribution in [0.15, 0.2) is 53.3 Å². The highest BCUT2D eigenvalue weighted by molar-refractivity contribution is 5.94. The molecule has 7 nitrogen and oxygen atoms in total. The minimum Gasteiger partial charge on any atom is -0.368 e. The third-order valence-electron chi connectivity index (χ3n) is 7.32. The molecule has 3 aromatic rings. The zero-order chi connectivity index (χ0) is 21.7. The second-order valence-electron chi connectivity index (χ2n) is 9.22. The molecule has 1 amide bonds. The number of anilines is 2. The Balaban J connectivity index is 1.12. The van der Waals surface area contributed by atoms with Crippen LogP contribution in [-0.4, -0.2) is 59.5 Å². The molecule has 3 fully saturated rings. The Kier molecular flexibility index (Phi) is 4.63. The van der Waals surface area contributed by atoms with Crippen molar-refractivity contribution in [1.82, 2.24) is 14.9 Å². The van der Waals surface area contributed by atoms with Crippen molar-refractivity contribution in [2.24, 2.45) is 5.92 Å². The van der Waals surface area contributed by atoms with E-state index in [1.54, 1.807) is 6.07 Å². The maximum atomic E-state index is 13.1. The molecule has 32 heavy (non-hydrogen) atoms. The van der Waals surface area contributed by atoms with Gasteiger partial charge in [0.2, 0.25) is 5.95 Å². The minimum absolute atomic E-state index is 0.0686. The van der Waals surface area contributed by atoms with E-state index < -0.39 is 0 Å². The molecule has 6 rings (SSSR count). The van der Waals surface area contributed by atoms with Crippen LogP contribution in [0.25, 0.3) is 10.9 Å². The lowest BCUT2D eigenvalue weighted by molar-refractivity contribution is 0.0746. The monoisotopic (exact) mass is 429 g/mol.